The van der Waals surface area contributed by atoms with Gasteiger partial charge >= 0.3 is 0 Å². The first-order valence-electron chi connectivity index (χ1n) is 10.4. The van der Waals surface area contributed by atoms with Crippen LogP contribution in [0.3, 0.4) is 0 Å². The summed E-state index contributed by atoms with van der Waals surface area (Å²) in [6, 6.07) is 18.0. The van der Waals surface area contributed by atoms with Gasteiger partial charge in [-0.05, 0) is 29.1 Å². The van der Waals surface area contributed by atoms with Gasteiger partial charge in [-0.15, -0.1) is 0 Å². The van der Waals surface area contributed by atoms with E-state index in [9.17, 15) is 0 Å². The predicted octanol–water partition coefficient (Wildman–Crippen LogP) is 3.45. The smallest absolute Gasteiger partial charge is 0.250 e. The molecule has 3 heterocycles. The molecule has 0 radical (unpaired) electrons. The summed E-state index contributed by atoms with van der Waals surface area (Å²) < 4.78 is 5.47. The molecule has 0 saturated carbocycles. The highest BCUT2D eigenvalue weighted by molar-refractivity contribution is 5.94. The average molecular weight is 426 g/mol. The van der Waals surface area contributed by atoms with Crippen molar-refractivity contribution in [2.24, 2.45) is 5.10 Å². The second-order valence-corrected chi connectivity index (χ2v) is 7.18. The minimum atomic E-state index is 0.356. The second-order valence-electron chi connectivity index (χ2n) is 7.18. The van der Waals surface area contributed by atoms with Crippen LogP contribution in [0.4, 0.5) is 23.5 Å². The molecule has 32 heavy (non-hydrogen) atoms. The highest BCUT2D eigenvalue weighted by Gasteiger charge is 2.17. The SMILES string of the molecule is C(=N\Nc1nc(Nc2cccc3ccccc23)nc(N2CCOCC2)n1)/c1ccncc1. The number of morpholine rings is 1. The van der Waals surface area contributed by atoms with E-state index >= 15 is 0 Å². The van der Waals surface area contributed by atoms with Crippen LogP contribution in [0.15, 0.2) is 72.1 Å². The Labute approximate surface area is 185 Å². The number of aromatic nitrogens is 4. The number of anilines is 4. The summed E-state index contributed by atoms with van der Waals surface area (Å²) in [5, 5.41) is 9.85. The van der Waals surface area contributed by atoms with Crippen LogP contribution in [0.1, 0.15) is 5.56 Å². The Balaban J connectivity index is 1.45. The predicted molar refractivity (Wildman–Crippen MR) is 126 cm³/mol. The van der Waals surface area contributed by atoms with Crippen molar-refractivity contribution in [3.8, 4) is 0 Å². The fourth-order valence-corrected chi connectivity index (χ4v) is 3.44. The van der Waals surface area contributed by atoms with Crippen molar-refractivity contribution in [2.75, 3.05) is 41.9 Å². The maximum atomic E-state index is 5.47. The van der Waals surface area contributed by atoms with Gasteiger partial charge < -0.3 is 15.0 Å². The molecular formula is C23H22N8O. The summed E-state index contributed by atoms with van der Waals surface area (Å²) in [6.45, 7) is 2.72. The molecule has 0 aliphatic carbocycles. The molecule has 2 aromatic heterocycles. The minimum absolute atomic E-state index is 0.356. The fraction of sp³-hybridized carbons (Fsp3) is 0.174. The molecule has 9 heteroatoms. The second kappa shape index (κ2) is 9.36. The molecule has 2 aromatic carbocycles. The topological polar surface area (TPSA) is 100 Å². The Morgan fingerprint density at radius 2 is 1.66 bits per heavy atom. The van der Waals surface area contributed by atoms with E-state index < -0.39 is 0 Å². The lowest BCUT2D eigenvalue weighted by atomic mass is 10.1. The van der Waals surface area contributed by atoms with Crippen molar-refractivity contribution in [2.45, 2.75) is 0 Å². The number of ether oxygens (including phenoxy) is 1. The third-order valence-corrected chi connectivity index (χ3v) is 5.04. The van der Waals surface area contributed by atoms with Gasteiger partial charge in [0.2, 0.25) is 17.8 Å². The number of nitrogens with one attached hydrogen (secondary N) is 2. The Bertz CT molecular complexity index is 1220. The van der Waals surface area contributed by atoms with Crippen molar-refractivity contribution in [1.82, 2.24) is 19.9 Å². The molecule has 9 nitrogen and oxygen atoms in total. The van der Waals surface area contributed by atoms with Crippen LogP contribution in [0.2, 0.25) is 0 Å². The number of hydrazone groups is 1. The minimum Gasteiger partial charge on any atom is -0.378 e. The van der Waals surface area contributed by atoms with Gasteiger partial charge in [0.25, 0.3) is 0 Å². The highest BCUT2D eigenvalue weighted by Crippen LogP contribution is 2.26. The number of fused-ring (bicyclic) bond motifs is 1. The summed E-state index contributed by atoms with van der Waals surface area (Å²) in [4.78, 5) is 19.8. The number of rotatable bonds is 6. The van der Waals surface area contributed by atoms with Gasteiger partial charge in [-0.1, -0.05) is 36.4 Å². The van der Waals surface area contributed by atoms with Crippen molar-refractivity contribution in [3.05, 3.63) is 72.6 Å². The largest absolute Gasteiger partial charge is 0.378 e. The molecule has 1 aliphatic heterocycles. The first-order valence-corrected chi connectivity index (χ1v) is 10.4. The third kappa shape index (κ3) is 4.62. The summed E-state index contributed by atoms with van der Waals surface area (Å²) in [5.74, 6) is 1.38. The number of hydrogen-bond acceptors (Lipinski definition) is 9. The van der Waals surface area contributed by atoms with E-state index in [2.05, 4.69) is 58.9 Å². The Morgan fingerprint density at radius 1 is 0.875 bits per heavy atom. The van der Waals surface area contributed by atoms with Crippen LogP contribution in [0.5, 0.6) is 0 Å². The van der Waals surface area contributed by atoms with E-state index in [4.69, 9.17) is 4.74 Å². The van der Waals surface area contributed by atoms with Gasteiger partial charge in [0.15, 0.2) is 0 Å². The van der Waals surface area contributed by atoms with Crippen LogP contribution >= 0.6 is 0 Å². The van der Waals surface area contributed by atoms with Gasteiger partial charge in [-0.25, -0.2) is 5.43 Å². The van der Waals surface area contributed by atoms with Gasteiger partial charge in [0, 0.05) is 36.6 Å². The molecule has 1 fully saturated rings. The lowest BCUT2D eigenvalue weighted by Crippen LogP contribution is -2.37. The molecule has 0 amide bonds. The standard InChI is InChI=1S/C23H22N8O/c1-2-6-19-18(4-1)5-3-7-20(19)26-21-27-22(30-25-16-17-8-10-24-11-9-17)29-23(28-21)31-12-14-32-15-13-31/h1-11,16H,12-15H2,(H2,26,27,28,29,30)/b25-16+. The van der Waals surface area contributed by atoms with Gasteiger partial charge in [-0.3, -0.25) is 4.98 Å². The zero-order valence-corrected chi connectivity index (χ0v) is 17.3. The molecule has 5 rings (SSSR count). The Kier molecular flexibility index (Phi) is 5.80. The van der Waals surface area contributed by atoms with Crippen LogP contribution in [-0.2, 0) is 4.74 Å². The van der Waals surface area contributed by atoms with Crippen molar-refractivity contribution >= 4 is 40.5 Å². The molecule has 0 spiro atoms. The van der Waals surface area contributed by atoms with Crippen molar-refractivity contribution in [3.63, 3.8) is 0 Å². The quantitative estimate of drug-likeness (QED) is 0.357. The van der Waals surface area contributed by atoms with E-state index in [-0.39, 0.29) is 0 Å². The molecule has 2 N–H and O–H groups in total. The van der Waals surface area contributed by atoms with E-state index in [0.717, 1.165) is 35.1 Å². The molecule has 4 aromatic rings. The van der Waals surface area contributed by atoms with Crippen molar-refractivity contribution < 1.29 is 4.74 Å². The molecule has 0 unspecified atom stereocenters. The lowest BCUT2D eigenvalue weighted by Gasteiger charge is -2.27. The van der Waals surface area contributed by atoms with Crippen LogP contribution in [0.25, 0.3) is 10.8 Å². The monoisotopic (exact) mass is 426 g/mol. The third-order valence-electron chi connectivity index (χ3n) is 5.04. The Morgan fingerprint density at radius 3 is 2.53 bits per heavy atom. The maximum absolute atomic E-state index is 5.47. The van der Waals surface area contributed by atoms with Gasteiger partial charge in [-0.2, -0.15) is 20.1 Å². The molecular weight excluding hydrogens is 404 g/mol. The number of pyridine rings is 1. The summed E-state index contributed by atoms with van der Waals surface area (Å²) >= 11 is 0. The molecule has 0 bridgehead atoms. The zero-order valence-electron chi connectivity index (χ0n) is 17.3. The van der Waals surface area contributed by atoms with E-state index in [0.29, 0.717) is 31.1 Å². The van der Waals surface area contributed by atoms with Gasteiger partial charge in [0.1, 0.15) is 0 Å². The summed E-state index contributed by atoms with van der Waals surface area (Å²) in [7, 11) is 0. The van der Waals surface area contributed by atoms with Crippen LogP contribution in [0, 0.1) is 0 Å². The number of nitrogens with zero attached hydrogens (tertiary/aromatic N) is 6. The van der Waals surface area contributed by atoms with E-state index in [1.165, 1.54) is 0 Å². The lowest BCUT2D eigenvalue weighted by molar-refractivity contribution is 0.122. The number of hydrogen-bond donors (Lipinski definition) is 2. The summed E-state index contributed by atoms with van der Waals surface area (Å²) in [5.41, 5.74) is 4.77. The van der Waals surface area contributed by atoms with E-state index in [1.54, 1.807) is 18.6 Å². The average Bonchev–Trinajstić information content (AvgIpc) is 2.85. The van der Waals surface area contributed by atoms with Crippen LogP contribution in [-0.4, -0.2) is 52.5 Å². The maximum Gasteiger partial charge on any atom is 0.250 e. The van der Waals surface area contributed by atoms with Crippen molar-refractivity contribution in [1.29, 1.82) is 0 Å². The number of benzene rings is 2. The van der Waals surface area contributed by atoms with Crippen LogP contribution < -0.4 is 15.6 Å². The van der Waals surface area contributed by atoms with E-state index in [1.807, 2.05) is 36.4 Å². The molecule has 1 saturated heterocycles. The fourth-order valence-electron chi connectivity index (χ4n) is 3.44. The molecule has 160 valence electrons. The molecule has 0 atom stereocenters. The highest BCUT2D eigenvalue weighted by atomic mass is 16.5. The zero-order chi connectivity index (χ0) is 21.6. The van der Waals surface area contributed by atoms with Gasteiger partial charge in [0.05, 0.1) is 19.4 Å². The first-order chi connectivity index (χ1) is 15.8. The Hall–Kier alpha value is -4.11. The molecule has 1 aliphatic rings. The first kappa shape index (κ1) is 19.8. The summed E-state index contributed by atoms with van der Waals surface area (Å²) in [6.07, 6.45) is 5.12. The normalized spacial score (nSPS) is 14.1.